The lowest BCUT2D eigenvalue weighted by molar-refractivity contribution is -0.143. The van der Waals surface area contributed by atoms with E-state index in [-0.39, 0.29) is 23.9 Å². The minimum Gasteiger partial charge on any atom is -0.493 e. The van der Waals surface area contributed by atoms with E-state index >= 15 is 0 Å². The Morgan fingerprint density at radius 2 is 1.91 bits per heavy atom. The molecule has 23 heavy (non-hydrogen) atoms. The van der Waals surface area contributed by atoms with Gasteiger partial charge in [0, 0.05) is 0 Å². The maximum absolute atomic E-state index is 11.8. The predicted octanol–water partition coefficient (Wildman–Crippen LogP) is 3.94. The third-order valence-corrected chi connectivity index (χ3v) is 4.41. The number of nitrogens with zero attached hydrogens (tertiary/aromatic N) is 1. The van der Waals surface area contributed by atoms with Crippen molar-refractivity contribution in [1.29, 1.82) is 0 Å². The molecule has 0 aromatic carbocycles. The third-order valence-electron chi connectivity index (χ3n) is 3.48. The molecular formula is C17H27NO4S. The fraction of sp³-hybridized carbons (Fsp3) is 0.647. The molecule has 1 aromatic heterocycles. The molecule has 0 bridgehead atoms. The van der Waals surface area contributed by atoms with Crippen molar-refractivity contribution in [2.24, 2.45) is 0 Å². The predicted molar refractivity (Wildman–Crippen MR) is 93.9 cm³/mol. The summed E-state index contributed by atoms with van der Waals surface area (Å²) in [5.74, 6) is -0.683. The van der Waals surface area contributed by atoms with Gasteiger partial charge < -0.3 is 9.84 Å². The number of unbranched alkanes of at least 4 members (excludes halogenated alkanes) is 6. The van der Waals surface area contributed by atoms with Crippen LogP contribution in [-0.2, 0) is 16.1 Å². The van der Waals surface area contributed by atoms with E-state index in [1.165, 1.54) is 32.1 Å². The lowest BCUT2D eigenvalue weighted by Crippen LogP contribution is -2.20. The zero-order valence-corrected chi connectivity index (χ0v) is 14.9. The van der Waals surface area contributed by atoms with Gasteiger partial charge in [0.2, 0.25) is 5.88 Å². The highest BCUT2D eigenvalue weighted by atomic mass is 32.1. The van der Waals surface area contributed by atoms with Crippen LogP contribution in [0.4, 0.5) is 0 Å². The van der Waals surface area contributed by atoms with Gasteiger partial charge in [-0.15, -0.1) is 0 Å². The molecule has 0 amide bonds. The van der Waals surface area contributed by atoms with Gasteiger partial charge in [0.25, 0.3) is 0 Å². The van der Waals surface area contributed by atoms with Crippen molar-refractivity contribution < 1.29 is 14.6 Å². The maximum Gasteiger partial charge on any atom is 0.326 e. The Bertz CT molecular complexity index is 559. The molecule has 0 atom stereocenters. The third kappa shape index (κ3) is 7.03. The minimum atomic E-state index is -0.523. The molecule has 0 aliphatic rings. The Labute approximate surface area is 141 Å². The number of aromatic hydroxyl groups is 1. The van der Waals surface area contributed by atoms with Gasteiger partial charge in [-0.3, -0.25) is 14.2 Å². The molecule has 0 spiro atoms. The second kappa shape index (κ2) is 11.0. The molecule has 0 fully saturated rings. The fourth-order valence-corrected chi connectivity index (χ4v) is 3.05. The highest BCUT2D eigenvalue weighted by Gasteiger charge is 2.15. The number of allylic oxidation sites excluding steroid dienone is 1. The lowest BCUT2D eigenvalue weighted by atomic mass is 10.1. The van der Waals surface area contributed by atoms with Crippen LogP contribution >= 0.6 is 11.3 Å². The van der Waals surface area contributed by atoms with Crippen molar-refractivity contribution >= 4 is 23.4 Å². The zero-order chi connectivity index (χ0) is 17.1. The number of rotatable bonds is 11. The van der Waals surface area contributed by atoms with E-state index in [1.807, 2.05) is 6.08 Å². The number of carbonyl (C=O) groups excluding carboxylic acids is 1. The van der Waals surface area contributed by atoms with Crippen LogP contribution in [0.1, 0.15) is 63.7 Å². The van der Waals surface area contributed by atoms with Gasteiger partial charge in [-0.25, -0.2) is 0 Å². The summed E-state index contributed by atoms with van der Waals surface area (Å²) in [6.45, 7) is 3.91. The van der Waals surface area contributed by atoms with Crippen molar-refractivity contribution in [2.45, 2.75) is 65.3 Å². The molecule has 1 rings (SSSR count). The molecule has 1 heterocycles. The average molecular weight is 341 g/mol. The fourth-order valence-electron chi connectivity index (χ4n) is 2.23. The number of aromatic nitrogens is 1. The van der Waals surface area contributed by atoms with Crippen LogP contribution in [0.25, 0.3) is 6.08 Å². The van der Waals surface area contributed by atoms with Gasteiger partial charge in [-0.1, -0.05) is 56.4 Å². The molecule has 0 saturated carbocycles. The molecule has 0 radical (unpaired) electrons. The van der Waals surface area contributed by atoms with E-state index < -0.39 is 5.97 Å². The van der Waals surface area contributed by atoms with Crippen LogP contribution in [-0.4, -0.2) is 22.2 Å². The molecule has 0 aliphatic carbocycles. The summed E-state index contributed by atoms with van der Waals surface area (Å²) in [4.78, 5) is 23.4. The van der Waals surface area contributed by atoms with Gasteiger partial charge in [0.15, 0.2) is 0 Å². The number of carbonyl (C=O) groups is 1. The lowest BCUT2D eigenvalue weighted by Gasteiger charge is -2.03. The molecule has 6 heteroatoms. The largest absolute Gasteiger partial charge is 0.493 e. The summed E-state index contributed by atoms with van der Waals surface area (Å²) in [7, 11) is 0. The smallest absolute Gasteiger partial charge is 0.326 e. The Hall–Kier alpha value is -1.56. The molecule has 0 saturated heterocycles. The van der Waals surface area contributed by atoms with Crippen molar-refractivity contribution in [3.05, 3.63) is 20.6 Å². The molecule has 5 nitrogen and oxygen atoms in total. The Balaban J connectivity index is 2.47. The topological polar surface area (TPSA) is 68.5 Å². The summed E-state index contributed by atoms with van der Waals surface area (Å²) in [6, 6.07) is 0. The summed E-state index contributed by atoms with van der Waals surface area (Å²) >= 11 is 0.939. The highest BCUT2D eigenvalue weighted by Crippen LogP contribution is 2.22. The van der Waals surface area contributed by atoms with Gasteiger partial charge >= 0.3 is 10.8 Å². The summed E-state index contributed by atoms with van der Waals surface area (Å²) in [6.07, 6.45) is 12.1. The monoisotopic (exact) mass is 341 g/mol. The van der Waals surface area contributed by atoms with E-state index in [0.29, 0.717) is 4.88 Å². The van der Waals surface area contributed by atoms with Crippen LogP contribution in [0.2, 0.25) is 0 Å². The first-order chi connectivity index (χ1) is 11.1. The number of hydrogen-bond donors (Lipinski definition) is 1. The SMILES string of the molecule is CCCCCCCC/C=C/c1sc(=O)n(CC(=O)OCC)c1O. The Morgan fingerprint density at radius 3 is 2.61 bits per heavy atom. The van der Waals surface area contributed by atoms with Gasteiger partial charge in [-0.05, 0) is 25.8 Å². The first-order valence-electron chi connectivity index (χ1n) is 8.34. The second-order valence-corrected chi connectivity index (χ2v) is 6.40. The summed E-state index contributed by atoms with van der Waals surface area (Å²) < 4.78 is 5.84. The van der Waals surface area contributed by atoms with E-state index in [2.05, 4.69) is 6.92 Å². The van der Waals surface area contributed by atoms with E-state index in [9.17, 15) is 14.7 Å². The Morgan fingerprint density at radius 1 is 1.22 bits per heavy atom. The van der Waals surface area contributed by atoms with Crippen LogP contribution in [0.3, 0.4) is 0 Å². The van der Waals surface area contributed by atoms with Crippen LogP contribution < -0.4 is 4.87 Å². The maximum atomic E-state index is 11.8. The standard InChI is InChI=1S/C17H27NO4S/c1-3-5-6-7-8-9-10-11-12-14-16(20)18(17(21)23-14)13-15(19)22-4-2/h11-12,20H,3-10,13H2,1-2H3/b12-11+. The van der Waals surface area contributed by atoms with Crippen LogP contribution in [0.15, 0.2) is 10.9 Å². The number of thiazole rings is 1. The van der Waals surface area contributed by atoms with Gasteiger partial charge in [-0.2, -0.15) is 0 Å². The molecule has 0 unspecified atom stereocenters. The number of esters is 1. The van der Waals surface area contributed by atoms with E-state index in [4.69, 9.17) is 4.74 Å². The molecule has 130 valence electrons. The zero-order valence-electron chi connectivity index (χ0n) is 14.0. The average Bonchev–Trinajstić information content (AvgIpc) is 2.78. The Kier molecular flexibility index (Phi) is 9.36. The van der Waals surface area contributed by atoms with Crippen LogP contribution in [0.5, 0.6) is 5.88 Å². The minimum absolute atomic E-state index is 0.160. The van der Waals surface area contributed by atoms with Crippen LogP contribution in [0, 0.1) is 0 Å². The molecule has 1 aromatic rings. The number of ether oxygens (including phenoxy) is 1. The van der Waals surface area contributed by atoms with Gasteiger partial charge in [0.05, 0.1) is 11.5 Å². The molecule has 0 aliphatic heterocycles. The van der Waals surface area contributed by atoms with E-state index in [1.54, 1.807) is 13.0 Å². The molecular weight excluding hydrogens is 314 g/mol. The highest BCUT2D eigenvalue weighted by molar-refractivity contribution is 7.10. The normalized spacial score (nSPS) is 11.2. The second-order valence-electron chi connectivity index (χ2n) is 5.41. The number of hydrogen-bond acceptors (Lipinski definition) is 5. The first kappa shape index (κ1) is 19.5. The quantitative estimate of drug-likeness (QED) is 0.489. The first-order valence-corrected chi connectivity index (χ1v) is 9.16. The van der Waals surface area contributed by atoms with Crippen molar-refractivity contribution in [1.82, 2.24) is 4.57 Å². The van der Waals surface area contributed by atoms with E-state index in [0.717, 1.165) is 28.7 Å². The van der Waals surface area contributed by atoms with Crippen molar-refractivity contribution in [2.75, 3.05) is 6.61 Å². The van der Waals surface area contributed by atoms with Crippen molar-refractivity contribution in [3.63, 3.8) is 0 Å². The van der Waals surface area contributed by atoms with Crippen molar-refractivity contribution in [3.8, 4) is 5.88 Å². The summed E-state index contributed by atoms with van der Waals surface area (Å²) in [5, 5.41) is 10.0. The molecule has 1 N–H and O–H groups in total. The summed E-state index contributed by atoms with van der Waals surface area (Å²) in [5.41, 5.74) is 0. The van der Waals surface area contributed by atoms with Gasteiger partial charge in [0.1, 0.15) is 6.54 Å².